The fraction of sp³-hybridized carbons (Fsp3) is 0.667. The van der Waals surface area contributed by atoms with E-state index in [2.05, 4.69) is 6.92 Å². The van der Waals surface area contributed by atoms with Crippen LogP contribution >= 0.6 is 0 Å². The van der Waals surface area contributed by atoms with E-state index in [0.29, 0.717) is 32.4 Å². The SMILES string of the molecule is CCCCN(C)C(=O)C1CCN(S(=O)(=O)c2ccc3c(c2)CC(C)N3C(=O)C2CC2)CC1. The molecule has 1 aromatic carbocycles. The molecule has 0 N–H and O–H groups in total. The van der Waals surface area contributed by atoms with Gasteiger partial charge in [0.15, 0.2) is 0 Å². The first-order chi connectivity index (χ1) is 15.2. The van der Waals surface area contributed by atoms with E-state index in [1.54, 1.807) is 23.1 Å². The number of sulfonamides is 1. The van der Waals surface area contributed by atoms with E-state index in [4.69, 9.17) is 0 Å². The third kappa shape index (κ3) is 4.44. The Balaban J connectivity index is 1.43. The summed E-state index contributed by atoms with van der Waals surface area (Å²) < 4.78 is 28.1. The van der Waals surface area contributed by atoms with Gasteiger partial charge in [0.25, 0.3) is 0 Å². The molecule has 2 amide bonds. The lowest BCUT2D eigenvalue weighted by Gasteiger charge is -2.32. The van der Waals surface area contributed by atoms with Crippen LogP contribution in [0.3, 0.4) is 0 Å². The van der Waals surface area contributed by atoms with Crippen LogP contribution in [0.4, 0.5) is 5.69 Å². The Morgan fingerprint density at radius 3 is 2.41 bits per heavy atom. The van der Waals surface area contributed by atoms with Crippen LogP contribution in [0, 0.1) is 11.8 Å². The van der Waals surface area contributed by atoms with E-state index in [1.165, 1.54) is 4.31 Å². The fourth-order valence-corrected chi connectivity index (χ4v) is 6.46. The van der Waals surface area contributed by atoms with Crippen molar-refractivity contribution >= 4 is 27.5 Å². The number of amides is 2. The molecule has 0 aromatic heterocycles. The van der Waals surface area contributed by atoms with Gasteiger partial charge >= 0.3 is 0 Å². The van der Waals surface area contributed by atoms with Crippen molar-refractivity contribution < 1.29 is 18.0 Å². The topological polar surface area (TPSA) is 78.0 Å². The molecule has 3 aliphatic rings. The first-order valence-electron chi connectivity index (χ1n) is 11.9. The van der Waals surface area contributed by atoms with Crippen LogP contribution in [0.5, 0.6) is 0 Å². The Labute approximate surface area is 191 Å². The Morgan fingerprint density at radius 1 is 1.09 bits per heavy atom. The zero-order chi connectivity index (χ0) is 23.0. The number of hydrogen-bond acceptors (Lipinski definition) is 4. The average Bonchev–Trinajstić information content (AvgIpc) is 3.58. The number of unbranched alkanes of at least 4 members (excludes halogenated alkanes) is 1. The third-order valence-electron chi connectivity index (χ3n) is 7.09. The van der Waals surface area contributed by atoms with Crippen LogP contribution in [0.25, 0.3) is 0 Å². The molecule has 1 aliphatic carbocycles. The summed E-state index contributed by atoms with van der Waals surface area (Å²) in [5, 5.41) is 0. The molecule has 8 heteroatoms. The minimum atomic E-state index is -3.62. The highest BCUT2D eigenvalue weighted by Gasteiger charge is 2.40. The van der Waals surface area contributed by atoms with E-state index < -0.39 is 10.0 Å². The molecule has 0 bridgehead atoms. The van der Waals surface area contributed by atoms with Crippen molar-refractivity contribution in [1.29, 1.82) is 0 Å². The van der Waals surface area contributed by atoms with Gasteiger partial charge in [-0.05, 0) is 69.2 Å². The number of rotatable bonds is 7. The maximum Gasteiger partial charge on any atom is 0.243 e. The van der Waals surface area contributed by atoms with Gasteiger partial charge < -0.3 is 9.80 Å². The van der Waals surface area contributed by atoms with Crippen molar-refractivity contribution in [1.82, 2.24) is 9.21 Å². The number of nitrogens with zero attached hydrogens (tertiary/aromatic N) is 3. The molecule has 1 saturated carbocycles. The monoisotopic (exact) mass is 461 g/mol. The molecule has 1 atom stereocenters. The lowest BCUT2D eigenvalue weighted by atomic mass is 9.96. The Morgan fingerprint density at radius 2 is 1.78 bits per heavy atom. The second kappa shape index (κ2) is 9.14. The minimum Gasteiger partial charge on any atom is -0.346 e. The Bertz CT molecular complexity index is 981. The van der Waals surface area contributed by atoms with Crippen molar-refractivity contribution in [2.75, 3.05) is 31.6 Å². The third-order valence-corrected chi connectivity index (χ3v) is 8.99. The van der Waals surface area contributed by atoms with Crippen molar-refractivity contribution in [3.63, 3.8) is 0 Å². The highest BCUT2D eigenvalue weighted by Crippen LogP contribution is 2.40. The van der Waals surface area contributed by atoms with Crippen LogP contribution < -0.4 is 4.90 Å². The molecule has 2 aliphatic heterocycles. The summed E-state index contributed by atoms with van der Waals surface area (Å²) in [6, 6.07) is 5.24. The van der Waals surface area contributed by atoms with Crippen LogP contribution in [-0.2, 0) is 26.0 Å². The molecule has 4 rings (SSSR count). The second-order valence-electron chi connectivity index (χ2n) is 9.62. The molecule has 32 heavy (non-hydrogen) atoms. The number of carbonyl (C=O) groups excluding carboxylic acids is 2. The van der Waals surface area contributed by atoms with Crippen molar-refractivity contribution in [2.45, 2.75) is 69.7 Å². The van der Waals surface area contributed by atoms with Gasteiger partial charge in [0.05, 0.1) is 4.90 Å². The normalized spacial score (nSPS) is 22.1. The summed E-state index contributed by atoms with van der Waals surface area (Å²) in [5.41, 5.74) is 1.78. The summed E-state index contributed by atoms with van der Waals surface area (Å²) in [6.07, 6.45) is 5.72. The summed E-state index contributed by atoms with van der Waals surface area (Å²) in [5.74, 6) is 0.327. The molecule has 2 fully saturated rings. The molecule has 1 saturated heterocycles. The second-order valence-corrected chi connectivity index (χ2v) is 11.6. The number of anilines is 1. The van der Waals surface area contributed by atoms with Crippen molar-refractivity contribution in [2.24, 2.45) is 11.8 Å². The predicted molar refractivity (Wildman–Crippen MR) is 124 cm³/mol. The van der Waals surface area contributed by atoms with Crippen LogP contribution in [-0.4, -0.2) is 62.2 Å². The van der Waals surface area contributed by atoms with Crippen LogP contribution in [0.1, 0.15) is 57.9 Å². The molecule has 0 spiro atoms. The number of carbonyl (C=O) groups is 2. The number of benzene rings is 1. The maximum absolute atomic E-state index is 13.3. The lowest BCUT2D eigenvalue weighted by Crippen LogP contribution is -2.43. The molecule has 1 unspecified atom stereocenters. The quantitative estimate of drug-likeness (QED) is 0.625. The van der Waals surface area contributed by atoms with Gasteiger partial charge in [-0.2, -0.15) is 4.31 Å². The van der Waals surface area contributed by atoms with Crippen molar-refractivity contribution in [3.05, 3.63) is 23.8 Å². The van der Waals surface area contributed by atoms with E-state index in [1.807, 2.05) is 18.9 Å². The summed E-state index contributed by atoms with van der Waals surface area (Å²) in [7, 11) is -1.78. The zero-order valence-electron chi connectivity index (χ0n) is 19.4. The van der Waals surface area contributed by atoms with Gasteiger partial charge in [0.2, 0.25) is 21.8 Å². The van der Waals surface area contributed by atoms with E-state index in [0.717, 1.165) is 43.5 Å². The molecule has 0 radical (unpaired) electrons. The molecule has 176 valence electrons. The number of piperidine rings is 1. The lowest BCUT2D eigenvalue weighted by molar-refractivity contribution is -0.135. The van der Waals surface area contributed by atoms with Gasteiger partial charge in [0.1, 0.15) is 0 Å². The van der Waals surface area contributed by atoms with Gasteiger partial charge in [-0.25, -0.2) is 8.42 Å². The summed E-state index contributed by atoms with van der Waals surface area (Å²) in [6.45, 7) is 5.60. The highest BCUT2D eigenvalue weighted by atomic mass is 32.2. The maximum atomic E-state index is 13.3. The Kier molecular flexibility index (Phi) is 6.63. The van der Waals surface area contributed by atoms with Crippen LogP contribution in [0.15, 0.2) is 23.1 Å². The largest absolute Gasteiger partial charge is 0.346 e. The highest BCUT2D eigenvalue weighted by molar-refractivity contribution is 7.89. The van der Waals surface area contributed by atoms with E-state index >= 15 is 0 Å². The zero-order valence-corrected chi connectivity index (χ0v) is 20.2. The van der Waals surface area contributed by atoms with Gasteiger partial charge in [-0.15, -0.1) is 0 Å². The first-order valence-corrected chi connectivity index (χ1v) is 13.4. The molecular formula is C24H35N3O4S. The smallest absolute Gasteiger partial charge is 0.243 e. The first kappa shape index (κ1) is 23.2. The summed E-state index contributed by atoms with van der Waals surface area (Å²) in [4.78, 5) is 29.3. The fourth-order valence-electron chi connectivity index (χ4n) is 4.94. The predicted octanol–water partition coefficient (Wildman–Crippen LogP) is 3.03. The van der Waals surface area contributed by atoms with E-state index in [9.17, 15) is 18.0 Å². The van der Waals surface area contributed by atoms with Gasteiger partial charge in [0, 0.05) is 50.2 Å². The molecular weight excluding hydrogens is 426 g/mol. The average molecular weight is 462 g/mol. The van der Waals surface area contributed by atoms with Gasteiger partial charge in [-0.3, -0.25) is 9.59 Å². The van der Waals surface area contributed by atoms with E-state index in [-0.39, 0.29) is 34.6 Å². The molecule has 7 nitrogen and oxygen atoms in total. The van der Waals surface area contributed by atoms with Crippen molar-refractivity contribution in [3.8, 4) is 0 Å². The number of fused-ring (bicyclic) bond motifs is 1. The van der Waals surface area contributed by atoms with Gasteiger partial charge in [-0.1, -0.05) is 13.3 Å². The van der Waals surface area contributed by atoms with Crippen LogP contribution in [0.2, 0.25) is 0 Å². The Hall–Kier alpha value is -1.93. The molecule has 2 heterocycles. The standard InChI is InChI=1S/C24H35N3O4S/c1-4-5-12-25(3)23(28)19-10-13-26(14-11-19)32(30,31)21-8-9-22-20(16-21)15-17(2)27(22)24(29)18-6-7-18/h8-9,16-19H,4-7,10-15H2,1-3H3. The molecule has 1 aromatic rings. The summed E-state index contributed by atoms with van der Waals surface area (Å²) >= 11 is 0. The number of hydrogen-bond donors (Lipinski definition) is 0. The minimum absolute atomic E-state index is 0.0579.